The Hall–Kier alpha value is -2.11. The number of fused-ring (bicyclic) bond motifs is 1. The largest absolute Gasteiger partial charge is 0.394 e. The van der Waals surface area contributed by atoms with E-state index in [0.717, 1.165) is 17.5 Å². The first-order valence-electron chi connectivity index (χ1n) is 7.05. The van der Waals surface area contributed by atoms with Gasteiger partial charge in [-0.2, -0.15) is 10.1 Å². The van der Waals surface area contributed by atoms with Gasteiger partial charge in [0.25, 0.3) is 5.91 Å². The zero-order chi connectivity index (χ0) is 17.1. The Morgan fingerprint density at radius 1 is 1.50 bits per heavy atom. The summed E-state index contributed by atoms with van der Waals surface area (Å²) >= 11 is 2.41. The number of hydrogen-bond donors (Lipinski definition) is 2. The second-order valence-electron chi connectivity index (χ2n) is 4.92. The lowest BCUT2D eigenvalue weighted by Gasteiger charge is -2.19. The minimum Gasteiger partial charge on any atom is -0.394 e. The molecule has 2 amide bonds. The smallest absolute Gasteiger partial charge is 0.264 e. The van der Waals surface area contributed by atoms with Gasteiger partial charge in [-0.25, -0.2) is 15.0 Å². The number of thiazole rings is 1. The van der Waals surface area contributed by atoms with Crippen molar-refractivity contribution in [2.24, 2.45) is 21.0 Å². The Kier molecular flexibility index (Phi) is 5.02. The number of hydrazone groups is 1. The number of nitrogens with zero attached hydrogens (tertiary/aromatic N) is 5. The van der Waals surface area contributed by atoms with Gasteiger partial charge in [0, 0.05) is 11.6 Å². The van der Waals surface area contributed by atoms with E-state index in [-0.39, 0.29) is 35.9 Å². The summed E-state index contributed by atoms with van der Waals surface area (Å²) in [5, 5.41) is 19.8. The molecule has 1 aromatic heterocycles. The summed E-state index contributed by atoms with van der Waals surface area (Å²) in [6.45, 7) is 1.99. The summed E-state index contributed by atoms with van der Waals surface area (Å²) in [5.74, 6) is -0.729. The maximum atomic E-state index is 12.0. The van der Waals surface area contributed by atoms with Gasteiger partial charge in [-0.3, -0.25) is 9.59 Å². The van der Waals surface area contributed by atoms with E-state index in [1.54, 1.807) is 0 Å². The molecule has 0 aromatic carbocycles. The molecule has 1 atom stereocenters. The number of aliphatic imine (C=N–C) groups is 2. The minimum absolute atomic E-state index is 0.0625. The molecule has 3 rings (SSSR count). The topological polar surface area (TPSA) is 120 Å². The molecule has 0 saturated heterocycles. The highest BCUT2D eigenvalue weighted by Gasteiger charge is 2.35. The zero-order valence-electron chi connectivity index (χ0n) is 12.7. The van der Waals surface area contributed by atoms with Crippen molar-refractivity contribution in [2.45, 2.75) is 6.92 Å². The Bertz CT molecular complexity index is 757. The third kappa shape index (κ3) is 3.68. The Balaban J connectivity index is 1.60. The number of nitrogens with one attached hydrogen (secondary N) is 1. The summed E-state index contributed by atoms with van der Waals surface area (Å²) in [6.07, 6.45) is 1.46. The molecule has 1 unspecified atom stereocenters. The molecule has 0 fully saturated rings. The Morgan fingerprint density at radius 2 is 2.33 bits per heavy atom. The quantitative estimate of drug-likeness (QED) is 0.775. The van der Waals surface area contributed by atoms with Crippen LogP contribution >= 0.6 is 23.1 Å². The van der Waals surface area contributed by atoms with Gasteiger partial charge in [-0.1, -0.05) is 11.8 Å². The van der Waals surface area contributed by atoms with Crippen molar-refractivity contribution in [1.29, 1.82) is 0 Å². The van der Waals surface area contributed by atoms with E-state index in [9.17, 15) is 9.59 Å². The average molecular weight is 366 g/mol. The second-order valence-corrected chi connectivity index (χ2v) is 6.72. The number of anilines is 1. The molecule has 24 heavy (non-hydrogen) atoms. The molecule has 1 aromatic rings. The number of aliphatic hydroxyl groups is 1. The third-order valence-electron chi connectivity index (χ3n) is 3.09. The number of rotatable bonds is 5. The van der Waals surface area contributed by atoms with Crippen LogP contribution < -0.4 is 5.32 Å². The lowest BCUT2D eigenvalue weighted by atomic mass is 10.1. The molecule has 2 aliphatic heterocycles. The molecule has 0 radical (unpaired) electrons. The molecular formula is C13H14N6O3S2. The van der Waals surface area contributed by atoms with Crippen LogP contribution in [0.25, 0.3) is 0 Å². The van der Waals surface area contributed by atoms with Crippen LogP contribution in [0.4, 0.5) is 5.13 Å². The van der Waals surface area contributed by atoms with Crippen molar-refractivity contribution in [1.82, 2.24) is 9.99 Å². The fourth-order valence-corrected chi connectivity index (χ4v) is 3.40. The lowest BCUT2D eigenvalue weighted by molar-refractivity contribution is -0.118. The molecule has 126 valence electrons. The van der Waals surface area contributed by atoms with Crippen molar-refractivity contribution >= 4 is 57.3 Å². The van der Waals surface area contributed by atoms with Gasteiger partial charge in [0.2, 0.25) is 5.91 Å². The highest BCUT2D eigenvalue weighted by molar-refractivity contribution is 8.14. The number of amides is 2. The van der Waals surface area contributed by atoms with Gasteiger partial charge in [0.15, 0.2) is 10.3 Å². The SMILES string of the molecule is Cc1csc(NC(=O)CSC2=NC(=O)C3C=NN(CCO)C3=N2)n1. The van der Waals surface area contributed by atoms with Crippen molar-refractivity contribution < 1.29 is 14.7 Å². The molecule has 11 heteroatoms. The number of aromatic nitrogens is 1. The molecule has 9 nitrogen and oxygen atoms in total. The average Bonchev–Trinajstić information content (AvgIpc) is 3.13. The maximum Gasteiger partial charge on any atom is 0.264 e. The zero-order valence-corrected chi connectivity index (χ0v) is 14.3. The first-order valence-corrected chi connectivity index (χ1v) is 8.91. The number of carbonyl (C=O) groups excluding carboxylic acids is 2. The third-order valence-corrected chi connectivity index (χ3v) is 4.81. The van der Waals surface area contributed by atoms with Gasteiger partial charge in [-0.15, -0.1) is 11.3 Å². The minimum atomic E-state index is -0.604. The number of aliphatic hydroxyl groups excluding tert-OH is 1. The van der Waals surface area contributed by atoms with Crippen molar-refractivity contribution in [3.05, 3.63) is 11.1 Å². The van der Waals surface area contributed by atoms with Gasteiger partial charge in [0.1, 0.15) is 11.8 Å². The van der Waals surface area contributed by atoms with E-state index >= 15 is 0 Å². The standard InChI is InChI=1S/C13H14N6O3S2/c1-7-5-23-12(15-7)16-9(21)6-24-13-17-10-8(11(22)18-13)4-14-19(10)2-3-20/h4-5,8,20H,2-3,6H2,1H3,(H,15,16,21). The van der Waals surface area contributed by atoms with E-state index in [0.29, 0.717) is 11.0 Å². The van der Waals surface area contributed by atoms with E-state index in [1.165, 1.54) is 22.6 Å². The summed E-state index contributed by atoms with van der Waals surface area (Å²) in [5.41, 5.74) is 0.841. The molecule has 3 heterocycles. The van der Waals surface area contributed by atoms with E-state index in [2.05, 4.69) is 25.4 Å². The van der Waals surface area contributed by atoms with Crippen LogP contribution in [0.5, 0.6) is 0 Å². The van der Waals surface area contributed by atoms with Crippen LogP contribution in [0, 0.1) is 12.8 Å². The maximum absolute atomic E-state index is 12.0. The number of β-amino-alcohol motifs (C(OH)–C–C–N with tert-alkyl or cyclic N) is 1. The van der Waals surface area contributed by atoms with Gasteiger partial charge in [-0.05, 0) is 6.92 Å². The van der Waals surface area contributed by atoms with Crippen LogP contribution in [0.2, 0.25) is 0 Å². The number of aryl methyl sites for hydroxylation is 1. The van der Waals surface area contributed by atoms with Crippen molar-refractivity contribution in [2.75, 3.05) is 24.2 Å². The summed E-state index contributed by atoms with van der Waals surface area (Å²) in [4.78, 5) is 36.2. The first-order chi connectivity index (χ1) is 11.6. The molecule has 2 aliphatic rings. The predicted octanol–water partition coefficient (Wildman–Crippen LogP) is 0.328. The molecule has 2 N–H and O–H groups in total. The monoisotopic (exact) mass is 366 g/mol. The summed E-state index contributed by atoms with van der Waals surface area (Å²) in [7, 11) is 0. The Labute approximate surface area is 145 Å². The van der Waals surface area contributed by atoms with E-state index in [4.69, 9.17) is 5.11 Å². The van der Waals surface area contributed by atoms with Crippen molar-refractivity contribution in [3.63, 3.8) is 0 Å². The highest BCUT2D eigenvalue weighted by atomic mass is 32.2. The summed E-state index contributed by atoms with van der Waals surface area (Å²) in [6, 6.07) is 0. The first kappa shape index (κ1) is 16.7. The molecule has 0 aliphatic carbocycles. The van der Waals surface area contributed by atoms with Crippen molar-refractivity contribution in [3.8, 4) is 0 Å². The molecule has 0 bridgehead atoms. The van der Waals surface area contributed by atoms with Crippen LogP contribution in [0.15, 0.2) is 20.5 Å². The second kappa shape index (κ2) is 7.20. The molecular weight excluding hydrogens is 352 g/mol. The fraction of sp³-hybridized carbons (Fsp3) is 0.385. The van der Waals surface area contributed by atoms with Crippen LogP contribution in [0.1, 0.15) is 5.69 Å². The van der Waals surface area contributed by atoms with E-state index < -0.39 is 5.92 Å². The Morgan fingerprint density at radius 3 is 3.04 bits per heavy atom. The highest BCUT2D eigenvalue weighted by Crippen LogP contribution is 2.21. The number of carbonyl (C=O) groups is 2. The predicted molar refractivity (Wildman–Crippen MR) is 93.6 cm³/mol. The number of thioether (sulfide) groups is 1. The van der Waals surface area contributed by atoms with Crippen LogP contribution in [0.3, 0.4) is 0 Å². The van der Waals surface area contributed by atoms with Gasteiger partial charge >= 0.3 is 0 Å². The summed E-state index contributed by atoms with van der Waals surface area (Å²) < 4.78 is 0. The fourth-order valence-electron chi connectivity index (χ4n) is 2.05. The van der Waals surface area contributed by atoms with Gasteiger partial charge < -0.3 is 10.4 Å². The molecule has 0 saturated carbocycles. The number of amidine groups is 2. The van der Waals surface area contributed by atoms with Crippen LogP contribution in [-0.2, 0) is 9.59 Å². The molecule has 0 spiro atoms. The lowest BCUT2D eigenvalue weighted by Crippen LogP contribution is -2.35. The van der Waals surface area contributed by atoms with Crippen LogP contribution in [-0.4, -0.2) is 63.0 Å². The number of hydrogen-bond acceptors (Lipinski definition) is 9. The van der Waals surface area contributed by atoms with E-state index in [1.807, 2.05) is 12.3 Å². The normalized spacial score (nSPS) is 19.2. The van der Waals surface area contributed by atoms with Gasteiger partial charge in [0.05, 0.1) is 24.6 Å².